The van der Waals surface area contributed by atoms with Gasteiger partial charge in [0.15, 0.2) is 0 Å². The largest absolute Gasteiger partial charge is 0.376 e. The highest BCUT2D eigenvalue weighted by atomic mass is 35.5. The number of hydrogen-bond acceptors (Lipinski definition) is 3. The number of anilines is 1. The molecule has 1 aliphatic heterocycles. The average Bonchev–Trinajstić information content (AvgIpc) is 2.89. The number of amides is 2. The number of hydrogen-bond donors (Lipinski definition) is 2. The number of carbonyl (C=O) groups excluding carboxylic acids is 2. The number of benzene rings is 1. The van der Waals surface area contributed by atoms with Gasteiger partial charge in [-0.1, -0.05) is 23.2 Å². The van der Waals surface area contributed by atoms with Crippen LogP contribution >= 0.6 is 23.2 Å². The smallest absolute Gasteiger partial charge is 0.242 e. The maximum atomic E-state index is 12.1. The van der Waals surface area contributed by atoms with Crippen LogP contribution < -0.4 is 11.1 Å². The molecule has 3 N–H and O–H groups in total. The van der Waals surface area contributed by atoms with Crippen LogP contribution in [0.2, 0.25) is 10.0 Å². The molecular formula is C13H15Cl2N3O2. The number of nitrogens with one attached hydrogen (secondary N) is 1. The van der Waals surface area contributed by atoms with E-state index < -0.39 is 11.9 Å². The van der Waals surface area contributed by atoms with Crippen molar-refractivity contribution in [2.75, 3.05) is 18.4 Å². The average molecular weight is 316 g/mol. The molecule has 2 amide bonds. The number of likely N-dealkylation sites (tertiary alicyclic amines) is 1. The first-order valence-corrected chi connectivity index (χ1v) is 7.02. The number of halogens is 2. The van der Waals surface area contributed by atoms with Gasteiger partial charge >= 0.3 is 0 Å². The van der Waals surface area contributed by atoms with Gasteiger partial charge in [-0.15, -0.1) is 0 Å². The summed E-state index contributed by atoms with van der Waals surface area (Å²) in [7, 11) is 0. The molecule has 0 radical (unpaired) electrons. The highest BCUT2D eigenvalue weighted by Gasteiger charge is 2.32. The van der Waals surface area contributed by atoms with Crippen LogP contribution in [0.1, 0.15) is 12.8 Å². The van der Waals surface area contributed by atoms with Crippen LogP contribution in [0.15, 0.2) is 18.2 Å². The molecule has 7 heteroatoms. The van der Waals surface area contributed by atoms with E-state index in [1.807, 2.05) is 0 Å². The van der Waals surface area contributed by atoms with Crippen molar-refractivity contribution in [2.45, 2.75) is 18.9 Å². The summed E-state index contributed by atoms with van der Waals surface area (Å²) in [5.74, 6) is -0.609. The van der Waals surface area contributed by atoms with E-state index >= 15 is 0 Å². The van der Waals surface area contributed by atoms with Crippen molar-refractivity contribution in [1.29, 1.82) is 0 Å². The van der Waals surface area contributed by atoms with Gasteiger partial charge in [0.1, 0.15) is 6.04 Å². The molecule has 20 heavy (non-hydrogen) atoms. The Kier molecular flexibility index (Phi) is 4.73. The van der Waals surface area contributed by atoms with E-state index in [4.69, 9.17) is 28.9 Å². The molecule has 0 saturated carbocycles. The SMILES string of the molecule is NC(=O)C1CCCN1C(=O)CNc1ccc(Cl)c(Cl)c1. The Morgan fingerprint density at radius 2 is 2.10 bits per heavy atom. The number of nitrogens with zero attached hydrogens (tertiary/aromatic N) is 1. The molecule has 1 heterocycles. The molecule has 1 aromatic rings. The van der Waals surface area contributed by atoms with Gasteiger partial charge in [-0.05, 0) is 31.0 Å². The van der Waals surface area contributed by atoms with Crippen molar-refractivity contribution in [3.8, 4) is 0 Å². The Balaban J connectivity index is 1.94. The van der Waals surface area contributed by atoms with E-state index in [0.717, 1.165) is 6.42 Å². The van der Waals surface area contributed by atoms with Gasteiger partial charge < -0.3 is 16.0 Å². The predicted octanol–water partition coefficient (Wildman–Crippen LogP) is 1.88. The Hall–Kier alpha value is -1.46. The number of rotatable bonds is 4. The summed E-state index contributed by atoms with van der Waals surface area (Å²) < 4.78 is 0. The maximum absolute atomic E-state index is 12.1. The fraction of sp³-hybridized carbons (Fsp3) is 0.385. The molecule has 1 fully saturated rings. The monoisotopic (exact) mass is 315 g/mol. The Morgan fingerprint density at radius 1 is 1.35 bits per heavy atom. The molecule has 2 rings (SSSR count). The minimum atomic E-state index is -0.488. The molecule has 1 unspecified atom stereocenters. The maximum Gasteiger partial charge on any atom is 0.242 e. The standard InChI is InChI=1S/C13H15Cl2N3O2/c14-9-4-3-8(6-10(9)15)17-7-12(19)18-5-1-2-11(18)13(16)20/h3-4,6,11,17H,1-2,5,7H2,(H2,16,20). The Bertz CT molecular complexity index is 536. The van der Waals surface area contributed by atoms with Crippen molar-refractivity contribution in [2.24, 2.45) is 5.73 Å². The van der Waals surface area contributed by atoms with Gasteiger partial charge in [-0.2, -0.15) is 0 Å². The first-order valence-electron chi connectivity index (χ1n) is 6.26. The fourth-order valence-corrected chi connectivity index (χ4v) is 2.54. The number of primary amides is 1. The Labute approximate surface area is 127 Å². The van der Waals surface area contributed by atoms with Crippen molar-refractivity contribution in [3.05, 3.63) is 28.2 Å². The highest BCUT2D eigenvalue weighted by molar-refractivity contribution is 6.42. The lowest BCUT2D eigenvalue weighted by Crippen LogP contribution is -2.45. The zero-order valence-electron chi connectivity index (χ0n) is 10.7. The van der Waals surface area contributed by atoms with Crippen molar-refractivity contribution < 1.29 is 9.59 Å². The van der Waals surface area contributed by atoms with Crippen LogP contribution in [0.5, 0.6) is 0 Å². The van der Waals surface area contributed by atoms with E-state index in [0.29, 0.717) is 28.7 Å². The van der Waals surface area contributed by atoms with Gasteiger partial charge in [0, 0.05) is 12.2 Å². The third kappa shape index (κ3) is 3.35. The van der Waals surface area contributed by atoms with Gasteiger partial charge in [-0.3, -0.25) is 9.59 Å². The molecule has 0 bridgehead atoms. The lowest BCUT2D eigenvalue weighted by Gasteiger charge is -2.22. The van der Waals surface area contributed by atoms with Gasteiger partial charge in [0.2, 0.25) is 11.8 Å². The summed E-state index contributed by atoms with van der Waals surface area (Å²) in [4.78, 5) is 24.9. The zero-order valence-corrected chi connectivity index (χ0v) is 12.2. The van der Waals surface area contributed by atoms with Crippen LogP contribution in [0.25, 0.3) is 0 Å². The second-order valence-electron chi connectivity index (χ2n) is 4.63. The lowest BCUT2D eigenvalue weighted by atomic mass is 10.2. The number of carbonyl (C=O) groups is 2. The highest BCUT2D eigenvalue weighted by Crippen LogP contribution is 2.25. The number of nitrogens with two attached hydrogens (primary N) is 1. The summed E-state index contributed by atoms with van der Waals surface area (Å²) >= 11 is 11.7. The van der Waals surface area contributed by atoms with Crippen molar-refractivity contribution in [1.82, 2.24) is 4.90 Å². The van der Waals surface area contributed by atoms with Gasteiger partial charge in [-0.25, -0.2) is 0 Å². The molecular weight excluding hydrogens is 301 g/mol. The summed E-state index contributed by atoms with van der Waals surface area (Å²) in [6.45, 7) is 0.650. The molecule has 1 saturated heterocycles. The van der Waals surface area contributed by atoms with E-state index in [-0.39, 0.29) is 12.5 Å². The van der Waals surface area contributed by atoms with Crippen LogP contribution in [0.3, 0.4) is 0 Å². The zero-order chi connectivity index (χ0) is 14.7. The van der Waals surface area contributed by atoms with E-state index in [1.165, 1.54) is 4.90 Å². The Morgan fingerprint density at radius 3 is 2.75 bits per heavy atom. The van der Waals surface area contributed by atoms with E-state index in [9.17, 15) is 9.59 Å². The van der Waals surface area contributed by atoms with Crippen LogP contribution in [0, 0.1) is 0 Å². The summed E-state index contributed by atoms with van der Waals surface area (Å²) in [6.07, 6.45) is 1.43. The molecule has 0 spiro atoms. The lowest BCUT2D eigenvalue weighted by molar-refractivity contribution is -0.135. The van der Waals surface area contributed by atoms with Crippen LogP contribution in [0.4, 0.5) is 5.69 Å². The summed E-state index contributed by atoms with van der Waals surface area (Å²) in [5, 5.41) is 3.83. The van der Waals surface area contributed by atoms with E-state index in [1.54, 1.807) is 18.2 Å². The van der Waals surface area contributed by atoms with Gasteiger partial charge in [0.25, 0.3) is 0 Å². The second-order valence-corrected chi connectivity index (χ2v) is 5.44. The van der Waals surface area contributed by atoms with Crippen LogP contribution in [-0.4, -0.2) is 35.8 Å². The molecule has 1 aliphatic rings. The molecule has 108 valence electrons. The predicted molar refractivity (Wildman–Crippen MR) is 78.9 cm³/mol. The second kappa shape index (κ2) is 6.33. The normalized spacial score (nSPS) is 18.1. The third-order valence-electron chi connectivity index (χ3n) is 3.26. The fourth-order valence-electron chi connectivity index (χ4n) is 2.25. The molecule has 0 aromatic heterocycles. The summed E-state index contributed by atoms with van der Waals surface area (Å²) in [5.41, 5.74) is 5.98. The minimum absolute atomic E-state index is 0.0851. The molecule has 1 atom stereocenters. The quantitative estimate of drug-likeness (QED) is 0.890. The summed E-state index contributed by atoms with van der Waals surface area (Å²) in [6, 6.07) is 4.54. The molecule has 0 aliphatic carbocycles. The van der Waals surface area contributed by atoms with Gasteiger partial charge in [0.05, 0.1) is 16.6 Å². The molecule has 5 nitrogen and oxygen atoms in total. The van der Waals surface area contributed by atoms with Crippen molar-refractivity contribution in [3.63, 3.8) is 0 Å². The first kappa shape index (κ1) is 14.9. The third-order valence-corrected chi connectivity index (χ3v) is 4.00. The first-order chi connectivity index (χ1) is 9.49. The van der Waals surface area contributed by atoms with E-state index in [2.05, 4.69) is 5.32 Å². The van der Waals surface area contributed by atoms with Crippen molar-refractivity contribution >= 4 is 40.7 Å². The molecule has 1 aromatic carbocycles. The minimum Gasteiger partial charge on any atom is -0.376 e. The van der Waals surface area contributed by atoms with Crippen LogP contribution in [-0.2, 0) is 9.59 Å². The topological polar surface area (TPSA) is 75.4 Å².